The second-order valence-corrected chi connectivity index (χ2v) is 4.47. The van der Waals surface area contributed by atoms with Gasteiger partial charge in [0.15, 0.2) is 0 Å². The topological polar surface area (TPSA) is 46.2 Å². The van der Waals surface area contributed by atoms with Crippen LogP contribution >= 0.6 is 23.2 Å². The summed E-state index contributed by atoms with van der Waals surface area (Å²) in [5.74, 6) is 0.0516. The molecule has 3 N–H and O–H groups in total. The highest BCUT2D eigenvalue weighted by molar-refractivity contribution is 6.42. The van der Waals surface area contributed by atoms with Gasteiger partial charge < -0.3 is 10.8 Å². The average Bonchev–Trinajstić information content (AvgIpc) is 2.35. The highest BCUT2D eigenvalue weighted by atomic mass is 35.5. The van der Waals surface area contributed by atoms with E-state index in [0.717, 1.165) is 5.56 Å². The second-order valence-electron chi connectivity index (χ2n) is 3.68. The first-order valence-corrected chi connectivity index (χ1v) is 5.84. The van der Waals surface area contributed by atoms with Crippen molar-refractivity contribution in [1.29, 1.82) is 0 Å². The number of phenols is 1. The summed E-state index contributed by atoms with van der Waals surface area (Å²) in [6.07, 6.45) is 0. The van der Waals surface area contributed by atoms with E-state index >= 15 is 0 Å². The van der Waals surface area contributed by atoms with E-state index in [1.807, 2.05) is 30.3 Å². The number of halogens is 2. The summed E-state index contributed by atoms with van der Waals surface area (Å²) in [5.41, 5.74) is 7.40. The molecule has 0 fully saturated rings. The van der Waals surface area contributed by atoms with Crippen molar-refractivity contribution in [3.05, 3.63) is 63.6 Å². The summed E-state index contributed by atoms with van der Waals surface area (Å²) in [6, 6.07) is 11.9. The van der Waals surface area contributed by atoms with Crippen LogP contribution < -0.4 is 5.73 Å². The molecule has 1 atom stereocenters. The Morgan fingerprint density at radius 1 is 1.00 bits per heavy atom. The lowest BCUT2D eigenvalue weighted by atomic mass is 9.99. The summed E-state index contributed by atoms with van der Waals surface area (Å²) in [4.78, 5) is 0. The quantitative estimate of drug-likeness (QED) is 0.871. The van der Waals surface area contributed by atoms with Crippen LogP contribution in [0, 0.1) is 0 Å². The number of rotatable bonds is 2. The number of nitrogens with two attached hydrogens (primary N) is 1. The number of hydrogen-bond donors (Lipinski definition) is 2. The summed E-state index contributed by atoms with van der Waals surface area (Å²) in [6.45, 7) is 0. The molecule has 88 valence electrons. The molecular formula is C13H11Cl2NO. The number of hydrogen-bond acceptors (Lipinski definition) is 2. The maximum atomic E-state index is 9.82. The first-order chi connectivity index (χ1) is 8.11. The molecule has 17 heavy (non-hydrogen) atoms. The molecule has 0 aliphatic carbocycles. The van der Waals surface area contributed by atoms with Crippen LogP contribution in [0.5, 0.6) is 5.75 Å². The van der Waals surface area contributed by atoms with Gasteiger partial charge >= 0.3 is 0 Å². The molecule has 4 heteroatoms. The Labute approximate surface area is 110 Å². The molecule has 2 aromatic carbocycles. The SMILES string of the molecule is NC(c1ccccc1)c1c(O)ccc(Cl)c1Cl. The van der Waals surface area contributed by atoms with Crippen LogP contribution in [-0.4, -0.2) is 5.11 Å². The molecule has 0 bridgehead atoms. The van der Waals surface area contributed by atoms with Crippen LogP contribution in [0.2, 0.25) is 10.0 Å². The lowest BCUT2D eigenvalue weighted by Crippen LogP contribution is -2.12. The first-order valence-electron chi connectivity index (χ1n) is 5.08. The summed E-state index contributed by atoms with van der Waals surface area (Å²) in [5, 5.41) is 10.5. The number of aromatic hydroxyl groups is 1. The van der Waals surface area contributed by atoms with Gasteiger partial charge in [-0.3, -0.25) is 0 Å². The molecule has 2 aromatic rings. The highest BCUT2D eigenvalue weighted by Crippen LogP contribution is 2.37. The van der Waals surface area contributed by atoms with E-state index in [0.29, 0.717) is 15.6 Å². The smallest absolute Gasteiger partial charge is 0.122 e. The molecule has 2 nitrogen and oxygen atoms in total. The third-order valence-electron chi connectivity index (χ3n) is 2.58. The second kappa shape index (κ2) is 4.96. The number of benzene rings is 2. The third kappa shape index (κ3) is 2.39. The molecule has 1 unspecified atom stereocenters. The fourth-order valence-corrected chi connectivity index (χ4v) is 2.12. The standard InChI is InChI=1S/C13H11Cl2NO/c14-9-6-7-10(17)11(12(9)15)13(16)8-4-2-1-3-5-8/h1-7,13,17H,16H2. The van der Waals surface area contributed by atoms with E-state index < -0.39 is 6.04 Å². The molecule has 0 aliphatic heterocycles. The van der Waals surface area contributed by atoms with Gasteiger partial charge in [-0.1, -0.05) is 53.5 Å². The first kappa shape index (κ1) is 12.2. The molecule has 0 spiro atoms. The minimum absolute atomic E-state index is 0.0516. The van der Waals surface area contributed by atoms with Crippen molar-refractivity contribution in [3.63, 3.8) is 0 Å². The fourth-order valence-electron chi connectivity index (χ4n) is 1.68. The van der Waals surface area contributed by atoms with Gasteiger partial charge in [-0.25, -0.2) is 0 Å². The van der Waals surface area contributed by atoms with Gasteiger partial charge in [0.1, 0.15) is 5.75 Å². The lowest BCUT2D eigenvalue weighted by molar-refractivity contribution is 0.465. The van der Waals surface area contributed by atoms with Crippen molar-refractivity contribution in [1.82, 2.24) is 0 Å². The normalized spacial score (nSPS) is 12.4. The molecule has 0 radical (unpaired) electrons. The minimum Gasteiger partial charge on any atom is -0.508 e. The van der Waals surface area contributed by atoms with E-state index in [1.165, 1.54) is 6.07 Å². The molecule has 0 aromatic heterocycles. The Hall–Kier alpha value is -1.22. The van der Waals surface area contributed by atoms with Crippen LogP contribution in [0.1, 0.15) is 17.2 Å². The highest BCUT2D eigenvalue weighted by Gasteiger charge is 2.18. The van der Waals surface area contributed by atoms with Gasteiger partial charge in [0.2, 0.25) is 0 Å². The van der Waals surface area contributed by atoms with Gasteiger partial charge in [0.25, 0.3) is 0 Å². The van der Waals surface area contributed by atoms with Crippen LogP contribution in [-0.2, 0) is 0 Å². The van der Waals surface area contributed by atoms with Crippen molar-refractivity contribution in [2.45, 2.75) is 6.04 Å². The zero-order chi connectivity index (χ0) is 12.4. The molecule has 0 amide bonds. The molecule has 0 saturated carbocycles. The Morgan fingerprint density at radius 2 is 1.65 bits per heavy atom. The van der Waals surface area contributed by atoms with E-state index in [2.05, 4.69) is 0 Å². The van der Waals surface area contributed by atoms with Crippen molar-refractivity contribution < 1.29 is 5.11 Å². The monoisotopic (exact) mass is 267 g/mol. The third-order valence-corrected chi connectivity index (χ3v) is 3.40. The molecule has 0 saturated heterocycles. The van der Waals surface area contributed by atoms with Gasteiger partial charge in [-0.15, -0.1) is 0 Å². The van der Waals surface area contributed by atoms with E-state index in [4.69, 9.17) is 28.9 Å². The zero-order valence-corrected chi connectivity index (χ0v) is 10.4. The lowest BCUT2D eigenvalue weighted by Gasteiger charge is -2.16. The van der Waals surface area contributed by atoms with Crippen molar-refractivity contribution in [2.75, 3.05) is 0 Å². The Bertz CT molecular complexity index is 528. The fraction of sp³-hybridized carbons (Fsp3) is 0.0769. The van der Waals surface area contributed by atoms with Crippen LogP contribution in [0.3, 0.4) is 0 Å². The van der Waals surface area contributed by atoms with E-state index in [-0.39, 0.29) is 5.75 Å². The molecular weight excluding hydrogens is 257 g/mol. The van der Waals surface area contributed by atoms with Crippen LogP contribution in [0.25, 0.3) is 0 Å². The summed E-state index contributed by atoms with van der Waals surface area (Å²) in [7, 11) is 0. The predicted molar refractivity (Wildman–Crippen MR) is 70.6 cm³/mol. The van der Waals surface area contributed by atoms with Gasteiger partial charge in [0, 0.05) is 5.56 Å². The van der Waals surface area contributed by atoms with E-state index in [1.54, 1.807) is 6.07 Å². The maximum absolute atomic E-state index is 9.82. The minimum atomic E-state index is -0.498. The Balaban J connectivity index is 2.51. The Kier molecular flexibility index (Phi) is 3.57. The van der Waals surface area contributed by atoms with Crippen LogP contribution in [0.4, 0.5) is 0 Å². The zero-order valence-electron chi connectivity index (χ0n) is 8.90. The molecule has 2 rings (SSSR count). The molecule has 0 aliphatic rings. The van der Waals surface area contributed by atoms with Gasteiger partial charge in [0.05, 0.1) is 16.1 Å². The van der Waals surface area contributed by atoms with Gasteiger partial charge in [-0.2, -0.15) is 0 Å². The van der Waals surface area contributed by atoms with E-state index in [9.17, 15) is 5.11 Å². The average molecular weight is 268 g/mol. The van der Waals surface area contributed by atoms with Crippen molar-refractivity contribution in [2.24, 2.45) is 5.73 Å². The van der Waals surface area contributed by atoms with Gasteiger partial charge in [-0.05, 0) is 17.7 Å². The van der Waals surface area contributed by atoms with Crippen molar-refractivity contribution in [3.8, 4) is 5.75 Å². The number of phenolic OH excluding ortho intramolecular Hbond substituents is 1. The van der Waals surface area contributed by atoms with Crippen LogP contribution in [0.15, 0.2) is 42.5 Å². The summed E-state index contributed by atoms with van der Waals surface area (Å²) >= 11 is 12.0. The van der Waals surface area contributed by atoms with Crippen molar-refractivity contribution >= 4 is 23.2 Å². The largest absolute Gasteiger partial charge is 0.508 e. The predicted octanol–water partition coefficient (Wildman–Crippen LogP) is 3.75. The summed E-state index contributed by atoms with van der Waals surface area (Å²) < 4.78 is 0. The maximum Gasteiger partial charge on any atom is 0.122 e. The Morgan fingerprint density at radius 3 is 2.29 bits per heavy atom. The molecule has 0 heterocycles.